The van der Waals surface area contributed by atoms with Gasteiger partial charge in [-0.05, 0) is 13.8 Å². The summed E-state index contributed by atoms with van der Waals surface area (Å²) in [5, 5.41) is 0. The summed E-state index contributed by atoms with van der Waals surface area (Å²) in [6.07, 6.45) is 2.41. The van der Waals surface area contributed by atoms with Crippen molar-refractivity contribution in [3.8, 4) is 0 Å². The standard InChI is InChI=1S/C9H16O3/c1-8(2)12-9(7-10)3-5-11-6-4-9/h7-8H,3-6H2,1-2H3. The van der Waals surface area contributed by atoms with Gasteiger partial charge in [0.1, 0.15) is 5.60 Å². The highest BCUT2D eigenvalue weighted by Gasteiger charge is 2.33. The van der Waals surface area contributed by atoms with Gasteiger partial charge in [0.25, 0.3) is 0 Å². The van der Waals surface area contributed by atoms with E-state index in [2.05, 4.69) is 0 Å². The van der Waals surface area contributed by atoms with E-state index in [1.807, 2.05) is 13.8 Å². The van der Waals surface area contributed by atoms with Crippen molar-refractivity contribution in [1.29, 1.82) is 0 Å². The molecule has 0 spiro atoms. The minimum absolute atomic E-state index is 0.105. The number of aldehydes is 1. The molecule has 0 unspecified atom stereocenters. The van der Waals surface area contributed by atoms with Crippen LogP contribution in [0, 0.1) is 0 Å². The van der Waals surface area contributed by atoms with Gasteiger partial charge in [-0.25, -0.2) is 0 Å². The van der Waals surface area contributed by atoms with Crippen LogP contribution in [0.5, 0.6) is 0 Å². The molecule has 1 rings (SSSR count). The third-order valence-corrected chi connectivity index (χ3v) is 2.02. The maximum absolute atomic E-state index is 10.8. The average Bonchev–Trinajstić information content (AvgIpc) is 2.05. The van der Waals surface area contributed by atoms with E-state index in [4.69, 9.17) is 9.47 Å². The monoisotopic (exact) mass is 172 g/mol. The molecule has 1 aliphatic rings. The summed E-state index contributed by atoms with van der Waals surface area (Å²) >= 11 is 0. The molecule has 1 heterocycles. The first-order chi connectivity index (χ1) is 5.68. The fourth-order valence-electron chi connectivity index (χ4n) is 1.45. The van der Waals surface area contributed by atoms with Gasteiger partial charge in [0, 0.05) is 26.1 Å². The van der Waals surface area contributed by atoms with Crippen molar-refractivity contribution in [1.82, 2.24) is 0 Å². The summed E-state index contributed by atoms with van der Waals surface area (Å²) in [6.45, 7) is 5.15. The molecule has 3 heteroatoms. The van der Waals surface area contributed by atoms with Crippen LogP contribution >= 0.6 is 0 Å². The third kappa shape index (κ3) is 2.29. The van der Waals surface area contributed by atoms with E-state index >= 15 is 0 Å². The molecule has 3 nitrogen and oxygen atoms in total. The third-order valence-electron chi connectivity index (χ3n) is 2.02. The lowest BCUT2D eigenvalue weighted by Gasteiger charge is -2.33. The second-order valence-corrected chi connectivity index (χ2v) is 3.46. The van der Waals surface area contributed by atoms with Crippen LogP contribution in [0.1, 0.15) is 26.7 Å². The van der Waals surface area contributed by atoms with Gasteiger partial charge in [-0.15, -0.1) is 0 Å². The highest BCUT2D eigenvalue weighted by molar-refractivity contribution is 5.62. The maximum atomic E-state index is 10.8. The Balaban J connectivity index is 2.53. The maximum Gasteiger partial charge on any atom is 0.152 e. The molecule has 0 atom stereocenters. The topological polar surface area (TPSA) is 35.5 Å². The van der Waals surface area contributed by atoms with Gasteiger partial charge in [-0.1, -0.05) is 0 Å². The largest absolute Gasteiger partial charge is 0.381 e. The summed E-state index contributed by atoms with van der Waals surface area (Å²) in [5.41, 5.74) is -0.563. The van der Waals surface area contributed by atoms with Crippen LogP contribution in [0.4, 0.5) is 0 Å². The van der Waals surface area contributed by atoms with Crippen molar-refractivity contribution in [2.24, 2.45) is 0 Å². The van der Waals surface area contributed by atoms with Crippen LogP contribution in [-0.2, 0) is 14.3 Å². The number of ether oxygens (including phenoxy) is 2. The van der Waals surface area contributed by atoms with E-state index in [1.165, 1.54) is 0 Å². The lowest BCUT2D eigenvalue weighted by atomic mass is 9.96. The van der Waals surface area contributed by atoms with Gasteiger partial charge in [0.15, 0.2) is 6.29 Å². The highest BCUT2D eigenvalue weighted by atomic mass is 16.5. The molecule has 0 aromatic rings. The van der Waals surface area contributed by atoms with Crippen molar-refractivity contribution in [3.05, 3.63) is 0 Å². The van der Waals surface area contributed by atoms with Gasteiger partial charge in [-0.3, -0.25) is 0 Å². The summed E-state index contributed by atoms with van der Waals surface area (Å²) < 4.78 is 10.7. The second kappa shape index (κ2) is 4.01. The molecule has 0 amide bonds. The number of hydrogen-bond acceptors (Lipinski definition) is 3. The van der Waals surface area contributed by atoms with Gasteiger partial charge >= 0.3 is 0 Å². The first kappa shape index (κ1) is 9.68. The van der Waals surface area contributed by atoms with E-state index in [0.29, 0.717) is 26.1 Å². The second-order valence-electron chi connectivity index (χ2n) is 3.46. The van der Waals surface area contributed by atoms with Crippen LogP contribution in [-0.4, -0.2) is 31.2 Å². The van der Waals surface area contributed by atoms with Crippen molar-refractivity contribution >= 4 is 6.29 Å². The summed E-state index contributed by atoms with van der Waals surface area (Å²) in [5.74, 6) is 0. The first-order valence-corrected chi connectivity index (χ1v) is 4.40. The van der Waals surface area contributed by atoms with Crippen LogP contribution < -0.4 is 0 Å². The number of carbonyl (C=O) groups excluding carboxylic acids is 1. The zero-order valence-electron chi connectivity index (χ0n) is 7.71. The molecule has 0 N–H and O–H groups in total. The molecule has 12 heavy (non-hydrogen) atoms. The SMILES string of the molecule is CC(C)OC1(C=O)CCOCC1. The molecular weight excluding hydrogens is 156 g/mol. The molecule has 0 bridgehead atoms. The quantitative estimate of drug-likeness (QED) is 0.599. The normalized spacial score (nSPS) is 22.6. The van der Waals surface area contributed by atoms with Crippen molar-refractivity contribution < 1.29 is 14.3 Å². The predicted octanol–water partition coefficient (Wildman–Crippen LogP) is 1.16. The van der Waals surface area contributed by atoms with Crippen molar-refractivity contribution in [2.75, 3.05) is 13.2 Å². The molecule has 1 aliphatic heterocycles. The Morgan fingerprint density at radius 3 is 2.42 bits per heavy atom. The predicted molar refractivity (Wildman–Crippen MR) is 45.1 cm³/mol. The summed E-state index contributed by atoms with van der Waals surface area (Å²) in [6, 6.07) is 0. The molecular formula is C9H16O3. The first-order valence-electron chi connectivity index (χ1n) is 4.40. The fraction of sp³-hybridized carbons (Fsp3) is 0.889. The molecule has 1 fully saturated rings. The molecule has 0 aromatic carbocycles. The molecule has 1 saturated heterocycles. The lowest BCUT2D eigenvalue weighted by molar-refractivity contribution is -0.154. The number of rotatable bonds is 3. The minimum Gasteiger partial charge on any atom is -0.381 e. The Morgan fingerprint density at radius 2 is 2.00 bits per heavy atom. The molecule has 70 valence electrons. The fourth-order valence-corrected chi connectivity index (χ4v) is 1.45. The Kier molecular flexibility index (Phi) is 3.23. The van der Waals surface area contributed by atoms with E-state index in [1.54, 1.807) is 0 Å². The Bertz CT molecular complexity index is 148. The van der Waals surface area contributed by atoms with Gasteiger partial charge in [0.2, 0.25) is 0 Å². The van der Waals surface area contributed by atoms with Crippen LogP contribution in [0.3, 0.4) is 0 Å². The van der Waals surface area contributed by atoms with Crippen LogP contribution in [0.2, 0.25) is 0 Å². The van der Waals surface area contributed by atoms with Gasteiger partial charge in [0.05, 0.1) is 6.10 Å². The summed E-state index contributed by atoms with van der Waals surface area (Å²) in [4.78, 5) is 10.8. The highest BCUT2D eigenvalue weighted by Crippen LogP contribution is 2.24. The van der Waals surface area contributed by atoms with Gasteiger partial charge in [-0.2, -0.15) is 0 Å². The Hall–Kier alpha value is -0.410. The molecule has 0 aliphatic carbocycles. The molecule has 0 aromatic heterocycles. The van der Waals surface area contributed by atoms with E-state index in [-0.39, 0.29) is 6.10 Å². The van der Waals surface area contributed by atoms with E-state index in [0.717, 1.165) is 6.29 Å². The average molecular weight is 172 g/mol. The Morgan fingerprint density at radius 1 is 1.42 bits per heavy atom. The Labute approximate surface area is 73.0 Å². The molecule has 0 saturated carbocycles. The lowest BCUT2D eigenvalue weighted by Crippen LogP contribution is -2.42. The van der Waals surface area contributed by atoms with E-state index < -0.39 is 5.60 Å². The zero-order valence-corrected chi connectivity index (χ0v) is 7.71. The van der Waals surface area contributed by atoms with Crippen LogP contribution in [0.25, 0.3) is 0 Å². The minimum atomic E-state index is -0.563. The van der Waals surface area contributed by atoms with E-state index in [9.17, 15) is 4.79 Å². The summed E-state index contributed by atoms with van der Waals surface area (Å²) in [7, 11) is 0. The van der Waals surface area contributed by atoms with Crippen molar-refractivity contribution in [3.63, 3.8) is 0 Å². The molecule has 0 radical (unpaired) electrons. The number of carbonyl (C=O) groups is 1. The zero-order chi connectivity index (χ0) is 9.03. The smallest absolute Gasteiger partial charge is 0.152 e. The van der Waals surface area contributed by atoms with Crippen LogP contribution in [0.15, 0.2) is 0 Å². The van der Waals surface area contributed by atoms with Gasteiger partial charge < -0.3 is 14.3 Å². The van der Waals surface area contributed by atoms with Crippen molar-refractivity contribution in [2.45, 2.75) is 38.4 Å². The number of hydrogen-bond donors (Lipinski definition) is 0.